The number of carbonyl (C=O) groups excluding carboxylic acids is 1. The number of benzene rings is 2. The first-order chi connectivity index (χ1) is 14.4. The fourth-order valence-electron chi connectivity index (χ4n) is 2.80. The van der Waals surface area contributed by atoms with Crippen LogP contribution in [0.1, 0.15) is 27.9 Å². The number of nitrogens with zero attached hydrogens (tertiary/aromatic N) is 2. The van der Waals surface area contributed by atoms with Crippen molar-refractivity contribution in [2.24, 2.45) is 16.5 Å². The molecule has 3 rings (SSSR count). The number of hydrogen-bond acceptors (Lipinski definition) is 6. The summed E-state index contributed by atoms with van der Waals surface area (Å²) in [7, 11) is 0. The lowest BCUT2D eigenvalue weighted by molar-refractivity contribution is 0.102. The van der Waals surface area contributed by atoms with E-state index in [1.807, 2.05) is 54.6 Å². The molecule has 1 heterocycles. The minimum atomic E-state index is -0.767. The summed E-state index contributed by atoms with van der Waals surface area (Å²) in [6, 6.07) is 16.8. The number of rotatable bonds is 8. The minimum Gasteiger partial charge on any atom is -0.374 e. The number of amides is 1. The largest absolute Gasteiger partial charge is 0.374 e. The molecular weight excluding hydrogens is 400 g/mol. The van der Waals surface area contributed by atoms with Crippen molar-refractivity contribution in [2.75, 3.05) is 10.6 Å². The predicted molar refractivity (Wildman–Crippen MR) is 121 cm³/mol. The average molecular weight is 425 g/mol. The summed E-state index contributed by atoms with van der Waals surface area (Å²) in [5.41, 5.74) is 13.9. The molecule has 0 saturated heterocycles. The summed E-state index contributed by atoms with van der Waals surface area (Å²) in [5, 5.41) is 15.8. The van der Waals surface area contributed by atoms with Crippen molar-refractivity contribution in [3.8, 4) is 0 Å². The van der Waals surface area contributed by atoms with E-state index < -0.39 is 6.23 Å². The standard InChI is InChI=1S/C21H24N6O2S/c1-13(28)24-21-27-17(12-9-14-7-10-16(11-8-14)26-20(22)23)18(30-21)19(29)25-15-5-3-2-4-6-15/h2-8,10-11,13,28H,9,12H2,1H3,(H,24,27)(H,25,29)(H4,22,23,26). The number of anilines is 2. The molecule has 0 aliphatic heterocycles. The van der Waals surface area contributed by atoms with Crippen molar-refractivity contribution in [1.82, 2.24) is 4.98 Å². The average Bonchev–Trinajstić information content (AvgIpc) is 3.10. The van der Waals surface area contributed by atoms with E-state index in [9.17, 15) is 9.90 Å². The van der Waals surface area contributed by atoms with Gasteiger partial charge in [0, 0.05) is 5.69 Å². The van der Waals surface area contributed by atoms with Crippen molar-refractivity contribution in [2.45, 2.75) is 26.0 Å². The number of nitrogens with one attached hydrogen (secondary N) is 2. The molecule has 1 atom stereocenters. The Morgan fingerprint density at radius 2 is 1.83 bits per heavy atom. The molecule has 0 fully saturated rings. The normalized spacial score (nSPS) is 11.5. The molecule has 0 bridgehead atoms. The van der Waals surface area contributed by atoms with Gasteiger partial charge in [-0.3, -0.25) is 4.79 Å². The fraction of sp³-hybridized carbons (Fsp3) is 0.190. The molecule has 0 radical (unpaired) electrons. The van der Waals surface area contributed by atoms with Crippen molar-refractivity contribution in [3.05, 3.63) is 70.7 Å². The van der Waals surface area contributed by atoms with E-state index in [1.165, 1.54) is 11.3 Å². The summed E-state index contributed by atoms with van der Waals surface area (Å²) in [6.45, 7) is 1.60. The van der Waals surface area contributed by atoms with Crippen LogP contribution in [0.3, 0.4) is 0 Å². The molecule has 0 spiro atoms. The fourth-order valence-corrected chi connectivity index (χ4v) is 3.79. The lowest BCUT2D eigenvalue weighted by Crippen LogP contribution is -2.21. The van der Waals surface area contributed by atoms with E-state index in [1.54, 1.807) is 6.92 Å². The van der Waals surface area contributed by atoms with Crippen LogP contribution in [-0.4, -0.2) is 28.2 Å². The van der Waals surface area contributed by atoms with Crippen LogP contribution in [0.2, 0.25) is 0 Å². The van der Waals surface area contributed by atoms with Crippen molar-refractivity contribution in [3.63, 3.8) is 0 Å². The number of para-hydroxylation sites is 1. The Morgan fingerprint density at radius 1 is 1.13 bits per heavy atom. The molecule has 9 heteroatoms. The van der Waals surface area contributed by atoms with Crippen LogP contribution < -0.4 is 22.1 Å². The smallest absolute Gasteiger partial charge is 0.267 e. The molecule has 0 aliphatic carbocycles. The number of aromatic nitrogens is 1. The Bertz CT molecular complexity index is 1010. The Labute approximate surface area is 178 Å². The number of thiazole rings is 1. The molecule has 2 aromatic carbocycles. The Balaban J connectivity index is 1.76. The molecule has 1 aromatic heterocycles. The van der Waals surface area contributed by atoms with Gasteiger partial charge in [-0.2, -0.15) is 0 Å². The highest BCUT2D eigenvalue weighted by Crippen LogP contribution is 2.26. The maximum Gasteiger partial charge on any atom is 0.267 e. The first kappa shape index (κ1) is 21.3. The molecule has 0 saturated carbocycles. The number of carbonyl (C=O) groups is 1. The molecule has 8 nitrogen and oxygen atoms in total. The molecule has 3 aromatic rings. The monoisotopic (exact) mass is 424 g/mol. The van der Waals surface area contributed by atoms with Gasteiger partial charge in [0.1, 0.15) is 11.1 Å². The van der Waals surface area contributed by atoms with E-state index in [-0.39, 0.29) is 11.9 Å². The van der Waals surface area contributed by atoms with Gasteiger partial charge in [-0.05, 0) is 49.6 Å². The van der Waals surface area contributed by atoms with Crippen molar-refractivity contribution < 1.29 is 9.90 Å². The molecule has 1 amide bonds. The maximum absolute atomic E-state index is 12.8. The second kappa shape index (κ2) is 9.86. The van der Waals surface area contributed by atoms with Crippen LogP contribution >= 0.6 is 11.3 Å². The quantitative estimate of drug-likeness (QED) is 0.214. The van der Waals surface area contributed by atoms with Crippen LogP contribution in [0.25, 0.3) is 0 Å². The molecule has 156 valence electrons. The van der Waals surface area contributed by atoms with E-state index in [4.69, 9.17) is 11.5 Å². The molecule has 30 heavy (non-hydrogen) atoms. The molecular formula is C21H24N6O2S. The van der Waals surface area contributed by atoms with Crippen molar-refractivity contribution in [1.29, 1.82) is 0 Å². The van der Waals surface area contributed by atoms with Gasteiger partial charge in [0.25, 0.3) is 5.91 Å². The zero-order chi connectivity index (χ0) is 21.5. The van der Waals surface area contributed by atoms with Crippen LogP contribution in [-0.2, 0) is 12.8 Å². The highest BCUT2D eigenvalue weighted by molar-refractivity contribution is 7.17. The third-order valence-electron chi connectivity index (χ3n) is 4.11. The van der Waals surface area contributed by atoms with E-state index in [2.05, 4.69) is 20.6 Å². The Kier molecular flexibility index (Phi) is 6.99. The van der Waals surface area contributed by atoms with Crippen LogP contribution in [0, 0.1) is 0 Å². The summed E-state index contributed by atoms with van der Waals surface area (Å²) >= 11 is 1.22. The number of aryl methyl sites for hydroxylation is 2. The van der Waals surface area contributed by atoms with Gasteiger partial charge < -0.3 is 27.2 Å². The SMILES string of the molecule is CC(O)Nc1nc(CCc2ccc(N=C(N)N)cc2)c(C(=O)Nc2ccccc2)s1. The second-order valence-electron chi connectivity index (χ2n) is 6.64. The lowest BCUT2D eigenvalue weighted by atomic mass is 10.1. The number of aliphatic hydroxyl groups excluding tert-OH is 1. The summed E-state index contributed by atoms with van der Waals surface area (Å²) in [5.74, 6) is -0.215. The highest BCUT2D eigenvalue weighted by Gasteiger charge is 2.19. The Hall–Kier alpha value is -3.43. The predicted octanol–water partition coefficient (Wildman–Crippen LogP) is 2.84. The number of guanidine groups is 1. The lowest BCUT2D eigenvalue weighted by Gasteiger charge is -2.05. The van der Waals surface area contributed by atoms with Crippen LogP contribution in [0.5, 0.6) is 0 Å². The summed E-state index contributed by atoms with van der Waals surface area (Å²) in [6.07, 6.45) is 0.486. The second-order valence-corrected chi connectivity index (χ2v) is 7.64. The highest BCUT2D eigenvalue weighted by atomic mass is 32.1. The van der Waals surface area contributed by atoms with E-state index in [0.29, 0.717) is 39.9 Å². The maximum atomic E-state index is 12.8. The summed E-state index contributed by atoms with van der Waals surface area (Å²) in [4.78, 5) is 21.9. The number of hydrogen-bond donors (Lipinski definition) is 5. The zero-order valence-electron chi connectivity index (χ0n) is 16.5. The van der Waals surface area contributed by atoms with Gasteiger partial charge >= 0.3 is 0 Å². The molecule has 1 unspecified atom stereocenters. The van der Waals surface area contributed by atoms with Gasteiger partial charge in [0.2, 0.25) is 0 Å². The van der Waals surface area contributed by atoms with Crippen LogP contribution in [0.4, 0.5) is 16.5 Å². The Morgan fingerprint density at radius 3 is 2.47 bits per heavy atom. The van der Waals surface area contributed by atoms with Gasteiger partial charge in [0.05, 0.1) is 11.4 Å². The first-order valence-corrected chi connectivity index (χ1v) is 10.2. The first-order valence-electron chi connectivity index (χ1n) is 9.40. The zero-order valence-corrected chi connectivity index (χ0v) is 17.3. The third-order valence-corrected chi connectivity index (χ3v) is 5.14. The number of nitrogens with two attached hydrogens (primary N) is 2. The molecule has 0 aliphatic rings. The van der Waals surface area contributed by atoms with Gasteiger partial charge in [-0.1, -0.05) is 41.7 Å². The van der Waals surface area contributed by atoms with E-state index >= 15 is 0 Å². The van der Waals surface area contributed by atoms with Gasteiger partial charge in [0.15, 0.2) is 11.1 Å². The third kappa shape index (κ3) is 6.03. The van der Waals surface area contributed by atoms with Crippen LogP contribution in [0.15, 0.2) is 59.6 Å². The minimum absolute atomic E-state index is 0.0115. The van der Waals surface area contributed by atoms with Gasteiger partial charge in [-0.15, -0.1) is 0 Å². The number of aliphatic imine (C=N–C) groups is 1. The van der Waals surface area contributed by atoms with Crippen molar-refractivity contribution >= 4 is 39.7 Å². The van der Waals surface area contributed by atoms with E-state index in [0.717, 1.165) is 5.56 Å². The topological polar surface area (TPSA) is 139 Å². The summed E-state index contributed by atoms with van der Waals surface area (Å²) < 4.78 is 0. The number of aliphatic hydroxyl groups is 1. The molecule has 7 N–H and O–H groups in total. The van der Waals surface area contributed by atoms with Gasteiger partial charge in [-0.25, -0.2) is 9.98 Å².